The lowest BCUT2D eigenvalue weighted by Crippen LogP contribution is -2.57. The Labute approximate surface area is 111 Å². The molecule has 5 fully saturated rings. The Morgan fingerprint density at radius 1 is 1.06 bits per heavy atom. The molecule has 18 heavy (non-hydrogen) atoms. The van der Waals surface area contributed by atoms with Crippen molar-refractivity contribution in [2.24, 2.45) is 39.9 Å². The third kappa shape index (κ3) is 0.816. The van der Waals surface area contributed by atoms with Crippen molar-refractivity contribution in [2.45, 2.75) is 58.8 Å². The van der Waals surface area contributed by atoms with Gasteiger partial charge >= 0.3 is 0 Å². The molecule has 0 nitrogen and oxygen atoms in total. The van der Waals surface area contributed by atoms with Crippen LogP contribution in [0.1, 0.15) is 58.8 Å². The van der Waals surface area contributed by atoms with Crippen LogP contribution in [0.25, 0.3) is 0 Å². The van der Waals surface area contributed by atoms with Crippen LogP contribution in [0.5, 0.6) is 0 Å². The lowest BCUT2D eigenvalue weighted by atomic mass is 9.40. The Kier molecular flexibility index (Phi) is 1.53. The van der Waals surface area contributed by atoms with E-state index in [0.29, 0.717) is 10.8 Å². The zero-order chi connectivity index (χ0) is 12.3. The molecule has 5 saturated carbocycles. The lowest BCUT2D eigenvalue weighted by molar-refractivity contribution is -0.123. The zero-order valence-electron chi connectivity index (χ0n) is 12.0. The highest BCUT2D eigenvalue weighted by molar-refractivity contribution is 5.35. The van der Waals surface area contributed by atoms with E-state index < -0.39 is 0 Å². The van der Waals surface area contributed by atoms with E-state index in [1.165, 1.54) is 12.8 Å². The van der Waals surface area contributed by atoms with Crippen molar-refractivity contribution in [1.29, 1.82) is 0 Å². The topological polar surface area (TPSA) is 0 Å². The summed E-state index contributed by atoms with van der Waals surface area (Å²) >= 11 is 0. The molecule has 5 bridgehead atoms. The van der Waals surface area contributed by atoms with Crippen LogP contribution in [0.4, 0.5) is 0 Å². The molecule has 5 aliphatic rings. The molecule has 0 aromatic carbocycles. The molecule has 0 heterocycles. The fraction of sp³-hybridized carbons (Fsp3) is 0.889. The Bertz CT molecular complexity index is 453. The van der Waals surface area contributed by atoms with E-state index in [-0.39, 0.29) is 0 Å². The van der Waals surface area contributed by atoms with Crippen LogP contribution in [0, 0.1) is 39.9 Å². The van der Waals surface area contributed by atoms with Crippen LogP contribution in [0.15, 0.2) is 12.2 Å². The highest BCUT2D eigenvalue weighted by Gasteiger charge is 2.79. The molecule has 0 heteroatoms. The van der Waals surface area contributed by atoms with Gasteiger partial charge in [-0.1, -0.05) is 19.1 Å². The molecule has 0 N–H and O–H groups in total. The number of hydrogen-bond acceptors (Lipinski definition) is 0. The van der Waals surface area contributed by atoms with Gasteiger partial charge in [0.15, 0.2) is 0 Å². The zero-order valence-corrected chi connectivity index (χ0v) is 12.0. The van der Waals surface area contributed by atoms with Crippen LogP contribution in [-0.4, -0.2) is 0 Å². The molecule has 98 valence electrons. The van der Waals surface area contributed by atoms with Gasteiger partial charge in [-0.25, -0.2) is 0 Å². The summed E-state index contributed by atoms with van der Waals surface area (Å²) in [5, 5.41) is 0. The number of hydrogen-bond donors (Lipinski definition) is 0. The Morgan fingerprint density at radius 3 is 2.33 bits per heavy atom. The summed E-state index contributed by atoms with van der Waals surface area (Å²) in [5.41, 5.74) is 3.66. The average Bonchev–Trinajstić information content (AvgIpc) is 2.98. The van der Waals surface area contributed by atoms with Crippen LogP contribution in [-0.2, 0) is 0 Å². The molecule has 0 aromatic rings. The lowest BCUT2D eigenvalue weighted by Gasteiger charge is -2.64. The summed E-state index contributed by atoms with van der Waals surface area (Å²) in [6, 6.07) is 0. The van der Waals surface area contributed by atoms with Crippen LogP contribution < -0.4 is 0 Å². The maximum Gasteiger partial charge on any atom is 0.00226 e. The van der Waals surface area contributed by atoms with Crippen LogP contribution in [0.2, 0.25) is 0 Å². The monoisotopic (exact) mass is 242 g/mol. The van der Waals surface area contributed by atoms with Gasteiger partial charge in [-0.05, 0) is 86.4 Å². The molecule has 0 amide bonds. The number of rotatable bonds is 1. The molecule has 6 unspecified atom stereocenters. The van der Waals surface area contributed by atoms with E-state index in [9.17, 15) is 0 Å². The highest BCUT2D eigenvalue weighted by Crippen LogP contribution is 2.86. The van der Waals surface area contributed by atoms with E-state index in [0.717, 1.165) is 29.1 Å². The summed E-state index contributed by atoms with van der Waals surface area (Å²) in [5.74, 6) is 4.21. The van der Waals surface area contributed by atoms with Crippen molar-refractivity contribution in [1.82, 2.24) is 0 Å². The molecule has 0 radical (unpaired) electrons. The van der Waals surface area contributed by atoms with E-state index in [1.54, 1.807) is 37.7 Å². The van der Waals surface area contributed by atoms with Gasteiger partial charge in [0.25, 0.3) is 0 Å². The smallest absolute Gasteiger partial charge is 0.00226 e. The minimum absolute atomic E-state index is 0.605. The predicted molar refractivity (Wildman–Crippen MR) is 74.1 cm³/mol. The molecule has 5 rings (SSSR count). The normalized spacial score (nSPS) is 61.4. The standard InChI is InChI=1S/C18H26/c1-11(2)18-13-6-12-8-16(3,9-13)10-14(18)7-15(12)17(18)4-5-17/h12-15H,1,4-10H2,2-3H3. The van der Waals surface area contributed by atoms with Crippen LogP contribution >= 0.6 is 0 Å². The quantitative estimate of drug-likeness (QED) is 0.579. The molecule has 6 atom stereocenters. The average molecular weight is 242 g/mol. The van der Waals surface area contributed by atoms with Gasteiger partial charge in [-0.3, -0.25) is 0 Å². The molecule has 0 aliphatic heterocycles. The predicted octanol–water partition coefficient (Wildman–Crippen LogP) is 4.81. The Balaban J connectivity index is 1.78. The van der Waals surface area contributed by atoms with Crippen LogP contribution in [0.3, 0.4) is 0 Å². The van der Waals surface area contributed by atoms with Gasteiger partial charge in [0.1, 0.15) is 0 Å². The molecule has 0 aromatic heterocycles. The molecular weight excluding hydrogens is 216 g/mol. The summed E-state index contributed by atoms with van der Waals surface area (Å²) in [6.07, 6.45) is 10.9. The SMILES string of the molecule is C=C(C)C12C3CC4CC(C)(C3)CC1CC4C21CC1. The van der Waals surface area contributed by atoms with E-state index >= 15 is 0 Å². The maximum atomic E-state index is 4.53. The van der Waals surface area contributed by atoms with Gasteiger partial charge in [0, 0.05) is 5.41 Å². The van der Waals surface area contributed by atoms with Gasteiger partial charge < -0.3 is 0 Å². The number of fused-ring (bicyclic) bond motifs is 3. The fourth-order valence-electron chi connectivity index (χ4n) is 8.36. The summed E-state index contributed by atoms with van der Waals surface area (Å²) in [4.78, 5) is 0. The largest absolute Gasteiger partial charge is 0.0995 e. The first-order chi connectivity index (χ1) is 8.52. The van der Waals surface area contributed by atoms with Gasteiger partial charge in [0.2, 0.25) is 0 Å². The van der Waals surface area contributed by atoms with Crippen molar-refractivity contribution < 1.29 is 0 Å². The second kappa shape index (κ2) is 2.63. The number of allylic oxidation sites excluding steroid dienone is 1. The first-order valence-electron chi connectivity index (χ1n) is 8.18. The van der Waals surface area contributed by atoms with Gasteiger partial charge in [-0.15, -0.1) is 0 Å². The first-order valence-corrected chi connectivity index (χ1v) is 8.18. The second-order valence-electron chi connectivity index (χ2n) is 8.96. The maximum absolute atomic E-state index is 4.53. The second-order valence-corrected chi connectivity index (χ2v) is 8.96. The van der Waals surface area contributed by atoms with Crippen molar-refractivity contribution in [2.75, 3.05) is 0 Å². The van der Waals surface area contributed by atoms with Gasteiger partial charge in [0.05, 0.1) is 0 Å². The summed E-state index contributed by atoms with van der Waals surface area (Å²) in [7, 11) is 0. The highest BCUT2D eigenvalue weighted by atomic mass is 14.8. The van der Waals surface area contributed by atoms with Crippen molar-refractivity contribution in [3.8, 4) is 0 Å². The summed E-state index contributed by atoms with van der Waals surface area (Å²) < 4.78 is 0. The third-order valence-electron chi connectivity index (χ3n) is 8.24. The first kappa shape index (κ1) is 10.5. The Morgan fingerprint density at radius 2 is 1.72 bits per heavy atom. The van der Waals surface area contributed by atoms with Crippen molar-refractivity contribution in [3.05, 3.63) is 12.2 Å². The van der Waals surface area contributed by atoms with Crippen molar-refractivity contribution >= 4 is 0 Å². The molecule has 5 aliphatic carbocycles. The van der Waals surface area contributed by atoms with E-state index in [4.69, 9.17) is 0 Å². The molecule has 1 spiro atoms. The Hall–Kier alpha value is -0.260. The van der Waals surface area contributed by atoms with Gasteiger partial charge in [-0.2, -0.15) is 0 Å². The third-order valence-corrected chi connectivity index (χ3v) is 8.24. The fourth-order valence-corrected chi connectivity index (χ4v) is 8.36. The minimum Gasteiger partial charge on any atom is -0.0995 e. The van der Waals surface area contributed by atoms with E-state index in [1.807, 2.05) is 0 Å². The summed E-state index contributed by atoms with van der Waals surface area (Å²) in [6.45, 7) is 9.52. The molecule has 0 saturated heterocycles. The molecular formula is C18H26. The minimum atomic E-state index is 0.605. The van der Waals surface area contributed by atoms with E-state index in [2.05, 4.69) is 20.4 Å². The van der Waals surface area contributed by atoms with Crippen molar-refractivity contribution in [3.63, 3.8) is 0 Å².